The number of benzene rings is 2. The standard InChI is InChI=1S/C22H21N5O2/c23-21-17-11-14(2-1-13(17)5-8-24-21)15-3-4-19-18(12-15)20(26-25-19)22(29)27-9-6-16(28)7-10-27/h1-5,8,11-12,16,28H,6-7,9-10H2,(H2,23,24)(H,25,26). The van der Waals surface area contributed by atoms with Crippen molar-refractivity contribution in [2.45, 2.75) is 18.9 Å². The fraction of sp³-hybridized carbons (Fsp3) is 0.227. The molecule has 1 aliphatic heterocycles. The van der Waals surface area contributed by atoms with Crippen LogP contribution in [-0.4, -0.2) is 50.3 Å². The van der Waals surface area contributed by atoms with Crippen LogP contribution in [0.5, 0.6) is 0 Å². The molecular formula is C22H21N5O2. The van der Waals surface area contributed by atoms with E-state index in [1.807, 2.05) is 42.5 Å². The van der Waals surface area contributed by atoms with Gasteiger partial charge in [-0.15, -0.1) is 0 Å². The summed E-state index contributed by atoms with van der Waals surface area (Å²) in [5, 5.41) is 19.7. The van der Waals surface area contributed by atoms with E-state index in [1.54, 1.807) is 11.1 Å². The lowest BCUT2D eigenvalue weighted by atomic mass is 10.00. The van der Waals surface area contributed by atoms with Crippen LogP contribution in [0.15, 0.2) is 48.7 Å². The summed E-state index contributed by atoms with van der Waals surface area (Å²) in [5.41, 5.74) is 9.25. The molecule has 2 aromatic carbocycles. The lowest BCUT2D eigenvalue weighted by Crippen LogP contribution is -2.40. The molecule has 1 saturated heterocycles. The number of aliphatic hydroxyl groups is 1. The summed E-state index contributed by atoms with van der Waals surface area (Å²) in [7, 11) is 0. The van der Waals surface area contributed by atoms with Gasteiger partial charge in [-0.25, -0.2) is 4.98 Å². The smallest absolute Gasteiger partial charge is 0.274 e. The molecule has 1 amide bonds. The van der Waals surface area contributed by atoms with E-state index in [1.165, 1.54) is 0 Å². The molecule has 0 aliphatic carbocycles. The van der Waals surface area contributed by atoms with Crippen LogP contribution in [0.1, 0.15) is 23.3 Å². The number of carbonyl (C=O) groups excluding carboxylic acids is 1. The van der Waals surface area contributed by atoms with E-state index >= 15 is 0 Å². The average molecular weight is 387 g/mol. The number of carbonyl (C=O) groups is 1. The molecule has 1 aliphatic rings. The second kappa shape index (κ2) is 6.86. The molecular weight excluding hydrogens is 366 g/mol. The van der Waals surface area contributed by atoms with Crippen molar-refractivity contribution in [1.29, 1.82) is 0 Å². The highest BCUT2D eigenvalue weighted by atomic mass is 16.3. The van der Waals surface area contributed by atoms with E-state index < -0.39 is 0 Å². The Morgan fingerprint density at radius 1 is 1.07 bits per heavy atom. The molecule has 0 unspecified atom stereocenters. The number of nitrogens with zero attached hydrogens (tertiary/aromatic N) is 3. The van der Waals surface area contributed by atoms with Gasteiger partial charge in [0.05, 0.1) is 11.6 Å². The topological polar surface area (TPSA) is 108 Å². The number of likely N-dealkylation sites (tertiary alicyclic amines) is 1. The Hall–Kier alpha value is -3.45. The highest BCUT2D eigenvalue weighted by Crippen LogP contribution is 2.30. The number of aromatic nitrogens is 3. The maximum absolute atomic E-state index is 13.0. The Morgan fingerprint density at radius 2 is 1.79 bits per heavy atom. The van der Waals surface area contributed by atoms with Crippen LogP contribution in [0.3, 0.4) is 0 Å². The van der Waals surface area contributed by atoms with Crippen molar-refractivity contribution in [1.82, 2.24) is 20.1 Å². The number of piperidine rings is 1. The summed E-state index contributed by atoms with van der Waals surface area (Å²) in [6.07, 6.45) is 2.58. The molecule has 0 saturated carbocycles. The van der Waals surface area contributed by atoms with Gasteiger partial charge in [-0.05, 0) is 53.6 Å². The zero-order chi connectivity index (χ0) is 20.0. The molecule has 2 aromatic heterocycles. The van der Waals surface area contributed by atoms with Crippen molar-refractivity contribution in [3.63, 3.8) is 0 Å². The van der Waals surface area contributed by atoms with Crippen molar-refractivity contribution in [3.8, 4) is 11.1 Å². The Labute approximate surface area is 167 Å². The van der Waals surface area contributed by atoms with E-state index in [9.17, 15) is 9.90 Å². The van der Waals surface area contributed by atoms with Gasteiger partial charge in [0.15, 0.2) is 5.69 Å². The SMILES string of the molecule is Nc1nccc2ccc(-c3ccc4[nH]nc(C(=O)N5CCC(O)CC5)c4c3)cc12. The van der Waals surface area contributed by atoms with Crippen LogP contribution in [0.25, 0.3) is 32.8 Å². The van der Waals surface area contributed by atoms with Crippen LogP contribution in [0, 0.1) is 0 Å². The number of amides is 1. The lowest BCUT2D eigenvalue weighted by Gasteiger charge is -2.29. The summed E-state index contributed by atoms with van der Waals surface area (Å²) < 4.78 is 0. The minimum Gasteiger partial charge on any atom is -0.393 e. The quantitative estimate of drug-likeness (QED) is 0.490. The monoisotopic (exact) mass is 387 g/mol. The number of nitrogens with two attached hydrogens (primary N) is 1. The van der Waals surface area contributed by atoms with Gasteiger partial charge in [0.2, 0.25) is 0 Å². The highest BCUT2D eigenvalue weighted by Gasteiger charge is 2.25. The molecule has 1 fully saturated rings. The molecule has 3 heterocycles. The predicted octanol–water partition coefficient (Wildman–Crippen LogP) is 2.96. The number of rotatable bonds is 2. The molecule has 29 heavy (non-hydrogen) atoms. The molecule has 0 radical (unpaired) electrons. The highest BCUT2D eigenvalue weighted by molar-refractivity contribution is 6.06. The van der Waals surface area contributed by atoms with Crippen molar-refractivity contribution in [2.75, 3.05) is 18.8 Å². The predicted molar refractivity (Wildman–Crippen MR) is 112 cm³/mol. The van der Waals surface area contributed by atoms with E-state index in [4.69, 9.17) is 5.73 Å². The third kappa shape index (κ3) is 3.09. The van der Waals surface area contributed by atoms with E-state index in [-0.39, 0.29) is 12.0 Å². The number of fused-ring (bicyclic) bond motifs is 2. The largest absolute Gasteiger partial charge is 0.393 e. The first kappa shape index (κ1) is 17.6. The second-order valence-electron chi connectivity index (χ2n) is 7.49. The van der Waals surface area contributed by atoms with Gasteiger partial charge in [-0.2, -0.15) is 5.10 Å². The second-order valence-corrected chi connectivity index (χ2v) is 7.49. The minimum atomic E-state index is -0.323. The van der Waals surface area contributed by atoms with Gasteiger partial charge < -0.3 is 15.7 Å². The van der Waals surface area contributed by atoms with Crippen LogP contribution in [-0.2, 0) is 0 Å². The first-order chi connectivity index (χ1) is 14.1. The first-order valence-corrected chi connectivity index (χ1v) is 9.70. The van der Waals surface area contributed by atoms with Gasteiger partial charge >= 0.3 is 0 Å². The third-order valence-corrected chi connectivity index (χ3v) is 5.65. The van der Waals surface area contributed by atoms with Crippen molar-refractivity contribution >= 4 is 33.4 Å². The minimum absolute atomic E-state index is 0.104. The summed E-state index contributed by atoms with van der Waals surface area (Å²) in [4.78, 5) is 18.9. The summed E-state index contributed by atoms with van der Waals surface area (Å²) in [5.74, 6) is 0.393. The normalized spacial score (nSPS) is 15.3. The molecule has 4 aromatic rings. The molecule has 146 valence electrons. The first-order valence-electron chi connectivity index (χ1n) is 9.70. The molecule has 0 bridgehead atoms. The fourth-order valence-corrected chi connectivity index (χ4v) is 3.95. The average Bonchev–Trinajstić information content (AvgIpc) is 3.17. The van der Waals surface area contributed by atoms with Crippen molar-refractivity contribution in [2.24, 2.45) is 0 Å². The Kier molecular flexibility index (Phi) is 4.17. The number of aromatic amines is 1. The number of aliphatic hydroxyl groups excluding tert-OH is 1. The zero-order valence-corrected chi connectivity index (χ0v) is 15.8. The molecule has 0 spiro atoms. The molecule has 7 nitrogen and oxygen atoms in total. The van der Waals surface area contributed by atoms with Crippen molar-refractivity contribution < 1.29 is 9.90 Å². The maximum atomic E-state index is 13.0. The van der Waals surface area contributed by atoms with E-state index in [0.717, 1.165) is 32.8 Å². The van der Waals surface area contributed by atoms with Gasteiger partial charge in [-0.1, -0.05) is 18.2 Å². The molecule has 0 atom stereocenters. The Balaban J connectivity index is 1.54. The van der Waals surface area contributed by atoms with Crippen LogP contribution in [0.2, 0.25) is 0 Å². The van der Waals surface area contributed by atoms with E-state index in [2.05, 4.69) is 15.2 Å². The summed E-state index contributed by atoms with van der Waals surface area (Å²) >= 11 is 0. The van der Waals surface area contributed by atoms with Crippen molar-refractivity contribution in [3.05, 3.63) is 54.4 Å². The zero-order valence-electron chi connectivity index (χ0n) is 15.8. The van der Waals surface area contributed by atoms with Gasteiger partial charge in [-0.3, -0.25) is 9.89 Å². The Morgan fingerprint density at radius 3 is 2.59 bits per heavy atom. The Bertz CT molecular complexity index is 1220. The van der Waals surface area contributed by atoms with Gasteiger partial charge in [0, 0.05) is 30.1 Å². The van der Waals surface area contributed by atoms with Gasteiger partial charge in [0.1, 0.15) is 5.82 Å². The third-order valence-electron chi connectivity index (χ3n) is 5.65. The molecule has 4 N–H and O–H groups in total. The number of anilines is 1. The maximum Gasteiger partial charge on any atom is 0.274 e. The molecule has 5 rings (SSSR count). The number of hydrogen-bond donors (Lipinski definition) is 3. The number of pyridine rings is 1. The van der Waals surface area contributed by atoms with E-state index in [0.29, 0.717) is 37.4 Å². The van der Waals surface area contributed by atoms with Crippen LogP contribution >= 0.6 is 0 Å². The number of H-pyrrole nitrogens is 1. The number of nitrogen functional groups attached to an aromatic ring is 1. The van der Waals surface area contributed by atoms with Crippen LogP contribution < -0.4 is 5.73 Å². The summed E-state index contributed by atoms with van der Waals surface area (Å²) in [6, 6.07) is 13.9. The molecule has 7 heteroatoms. The number of hydrogen-bond acceptors (Lipinski definition) is 5. The lowest BCUT2D eigenvalue weighted by molar-refractivity contribution is 0.0543. The van der Waals surface area contributed by atoms with Crippen LogP contribution in [0.4, 0.5) is 5.82 Å². The number of nitrogens with one attached hydrogen (secondary N) is 1. The van der Waals surface area contributed by atoms with Gasteiger partial charge in [0.25, 0.3) is 5.91 Å². The summed E-state index contributed by atoms with van der Waals surface area (Å²) in [6.45, 7) is 1.09. The fourth-order valence-electron chi connectivity index (χ4n) is 3.95.